The molecule has 1 aliphatic rings. The molecule has 3 rings (SSSR count). The molecule has 1 unspecified atom stereocenters. The first-order valence-corrected chi connectivity index (χ1v) is 8.46. The third-order valence-electron chi connectivity index (χ3n) is 4.19. The summed E-state index contributed by atoms with van der Waals surface area (Å²) in [7, 11) is 0. The van der Waals surface area contributed by atoms with E-state index in [4.69, 9.17) is 21.1 Å². The number of para-hydroxylation sites is 1. The molecule has 1 heterocycles. The third-order valence-corrected chi connectivity index (χ3v) is 4.45. The molecule has 5 heteroatoms. The van der Waals surface area contributed by atoms with Gasteiger partial charge in [-0.3, -0.25) is 4.90 Å². The lowest BCUT2D eigenvalue weighted by Gasteiger charge is -2.26. The van der Waals surface area contributed by atoms with Crippen molar-refractivity contribution >= 4 is 11.6 Å². The Bertz CT molecular complexity index is 679. The number of benzene rings is 2. The van der Waals surface area contributed by atoms with E-state index in [9.17, 15) is 4.39 Å². The van der Waals surface area contributed by atoms with Crippen molar-refractivity contribution in [3.05, 3.63) is 59.4 Å². The minimum Gasteiger partial charge on any atom is -0.489 e. The summed E-state index contributed by atoms with van der Waals surface area (Å²) >= 11 is 5.90. The second kappa shape index (κ2) is 7.41. The van der Waals surface area contributed by atoms with Gasteiger partial charge in [0.1, 0.15) is 18.0 Å². The average Bonchev–Trinajstić information content (AvgIpc) is 2.93. The second-order valence-electron chi connectivity index (χ2n) is 6.31. The molecule has 2 aromatic rings. The van der Waals surface area contributed by atoms with Gasteiger partial charge in [-0.05, 0) is 43.3 Å². The molecule has 128 valence electrons. The highest BCUT2D eigenvalue weighted by Crippen LogP contribution is 2.28. The number of nitrogens with zero attached hydrogens (tertiary/aromatic N) is 1. The SMILES string of the molecule is CC1(Oc2ccc(Cl)cc2)CCN(CCOc2ccccc2F)C1. The number of rotatable bonds is 6. The van der Waals surface area contributed by atoms with E-state index in [1.165, 1.54) is 6.07 Å². The van der Waals surface area contributed by atoms with Gasteiger partial charge in [-0.25, -0.2) is 4.39 Å². The normalized spacial score (nSPS) is 21.0. The number of halogens is 2. The van der Waals surface area contributed by atoms with Gasteiger partial charge in [0, 0.05) is 31.1 Å². The van der Waals surface area contributed by atoms with Crippen LogP contribution in [0.2, 0.25) is 5.02 Å². The smallest absolute Gasteiger partial charge is 0.165 e. The van der Waals surface area contributed by atoms with Crippen molar-refractivity contribution < 1.29 is 13.9 Å². The Balaban J connectivity index is 1.48. The fourth-order valence-corrected chi connectivity index (χ4v) is 3.06. The summed E-state index contributed by atoms with van der Waals surface area (Å²) in [5.41, 5.74) is -0.230. The van der Waals surface area contributed by atoms with Gasteiger partial charge in [-0.15, -0.1) is 0 Å². The van der Waals surface area contributed by atoms with Crippen LogP contribution in [0.3, 0.4) is 0 Å². The lowest BCUT2D eigenvalue weighted by molar-refractivity contribution is 0.0933. The van der Waals surface area contributed by atoms with E-state index in [2.05, 4.69) is 11.8 Å². The molecule has 24 heavy (non-hydrogen) atoms. The summed E-state index contributed by atoms with van der Waals surface area (Å²) in [5.74, 6) is 0.804. The number of hydrogen-bond acceptors (Lipinski definition) is 3. The molecule has 3 nitrogen and oxygen atoms in total. The Morgan fingerprint density at radius 3 is 2.67 bits per heavy atom. The fraction of sp³-hybridized carbons (Fsp3) is 0.368. The zero-order chi connectivity index (χ0) is 17.0. The fourth-order valence-electron chi connectivity index (χ4n) is 2.93. The van der Waals surface area contributed by atoms with Crippen molar-refractivity contribution in [1.29, 1.82) is 0 Å². The van der Waals surface area contributed by atoms with Crippen LogP contribution in [0, 0.1) is 5.82 Å². The maximum Gasteiger partial charge on any atom is 0.165 e. The van der Waals surface area contributed by atoms with E-state index in [-0.39, 0.29) is 11.4 Å². The van der Waals surface area contributed by atoms with Crippen molar-refractivity contribution in [2.24, 2.45) is 0 Å². The quantitative estimate of drug-likeness (QED) is 0.771. The molecule has 0 radical (unpaired) electrons. The lowest BCUT2D eigenvalue weighted by atomic mass is 10.1. The highest BCUT2D eigenvalue weighted by Gasteiger charge is 2.35. The van der Waals surface area contributed by atoms with Crippen molar-refractivity contribution in [3.63, 3.8) is 0 Å². The van der Waals surface area contributed by atoms with Crippen LogP contribution in [0.1, 0.15) is 13.3 Å². The van der Waals surface area contributed by atoms with E-state index in [1.807, 2.05) is 24.3 Å². The molecule has 1 saturated heterocycles. The number of hydrogen-bond donors (Lipinski definition) is 0. The number of likely N-dealkylation sites (tertiary alicyclic amines) is 1. The van der Waals surface area contributed by atoms with Crippen LogP contribution in [0.5, 0.6) is 11.5 Å². The van der Waals surface area contributed by atoms with Gasteiger partial charge in [-0.2, -0.15) is 0 Å². The van der Waals surface area contributed by atoms with Gasteiger partial charge >= 0.3 is 0 Å². The summed E-state index contributed by atoms with van der Waals surface area (Å²) in [4.78, 5) is 2.27. The predicted octanol–water partition coefficient (Wildman–Crippen LogP) is 4.40. The van der Waals surface area contributed by atoms with Crippen molar-refractivity contribution in [2.75, 3.05) is 26.2 Å². The predicted molar refractivity (Wildman–Crippen MR) is 93.4 cm³/mol. The number of ether oxygens (including phenoxy) is 2. The van der Waals surface area contributed by atoms with Crippen LogP contribution in [-0.2, 0) is 0 Å². The van der Waals surface area contributed by atoms with Crippen LogP contribution < -0.4 is 9.47 Å². The Morgan fingerprint density at radius 1 is 1.17 bits per heavy atom. The standard InChI is InChI=1S/C19H21ClFNO2/c1-19(24-16-8-6-15(20)7-9-16)10-11-22(14-19)12-13-23-18-5-3-2-4-17(18)21/h2-9H,10-14H2,1H3. The van der Waals surface area contributed by atoms with Gasteiger partial charge in [0.15, 0.2) is 11.6 Å². The molecule has 0 amide bonds. The molecule has 1 fully saturated rings. The Hall–Kier alpha value is -1.78. The Labute approximate surface area is 146 Å². The Morgan fingerprint density at radius 2 is 1.92 bits per heavy atom. The maximum absolute atomic E-state index is 13.5. The van der Waals surface area contributed by atoms with E-state index in [1.54, 1.807) is 18.2 Å². The summed E-state index contributed by atoms with van der Waals surface area (Å²) in [6.45, 7) is 5.06. The first-order valence-electron chi connectivity index (χ1n) is 8.08. The zero-order valence-electron chi connectivity index (χ0n) is 13.7. The Kier molecular flexibility index (Phi) is 5.27. The summed E-state index contributed by atoms with van der Waals surface area (Å²) in [6, 6.07) is 13.9. The van der Waals surface area contributed by atoms with Crippen molar-refractivity contribution in [2.45, 2.75) is 18.9 Å². The second-order valence-corrected chi connectivity index (χ2v) is 6.75. The first-order chi connectivity index (χ1) is 11.5. The summed E-state index contributed by atoms with van der Waals surface area (Å²) < 4.78 is 25.2. The molecule has 0 aromatic heterocycles. The van der Waals surface area contributed by atoms with Crippen LogP contribution >= 0.6 is 11.6 Å². The maximum atomic E-state index is 13.5. The van der Waals surface area contributed by atoms with Gasteiger partial charge < -0.3 is 9.47 Å². The van der Waals surface area contributed by atoms with Crippen molar-refractivity contribution in [1.82, 2.24) is 4.90 Å². The minimum atomic E-state index is -0.324. The zero-order valence-corrected chi connectivity index (χ0v) is 14.4. The monoisotopic (exact) mass is 349 g/mol. The topological polar surface area (TPSA) is 21.7 Å². The van der Waals surface area contributed by atoms with E-state index in [0.717, 1.165) is 31.8 Å². The van der Waals surface area contributed by atoms with Gasteiger partial charge in [0.05, 0.1) is 0 Å². The summed E-state index contributed by atoms with van der Waals surface area (Å²) in [5, 5.41) is 0.700. The molecule has 1 aliphatic heterocycles. The molecule has 0 spiro atoms. The lowest BCUT2D eigenvalue weighted by Crippen LogP contribution is -2.37. The van der Waals surface area contributed by atoms with Crippen molar-refractivity contribution in [3.8, 4) is 11.5 Å². The van der Waals surface area contributed by atoms with Crippen LogP contribution in [-0.4, -0.2) is 36.7 Å². The molecule has 0 bridgehead atoms. The highest BCUT2D eigenvalue weighted by atomic mass is 35.5. The largest absolute Gasteiger partial charge is 0.489 e. The van der Waals surface area contributed by atoms with E-state index in [0.29, 0.717) is 17.4 Å². The molecule has 1 atom stereocenters. The molecule has 0 N–H and O–H groups in total. The molecule has 2 aromatic carbocycles. The first kappa shape index (κ1) is 17.1. The molecular formula is C19H21ClFNO2. The molecule has 0 saturated carbocycles. The van der Waals surface area contributed by atoms with Crippen LogP contribution in [0.4, 0.5) is 4.39 Å². The summed E-state index contributed by atoms with van der Waals surface area (Å²) in [6.07, 6.45) is 0.940. The molecular weight excluding hydrogens is 329 g/mol. The van der Waals surface area contributed by atoms with Gasteiger partial charge in [0.2, 0.25) is 0 Å². The minimum absolute atomic E-state index is 0.230. The van der Waals surface area contributed by atoms with Gasteiger partial charge in [0.25, 0.3) is 0 Å². The van der Waals surface area contributed by atoms with Crippen LogP contribution in [0.15, 0.2) is 48.5 Å². The van der Waals surface area contributed by atoms with Crippen LogP contribution in [0.25, 0.3) is 0 Å². The van der Waals surface area contributed by atoms with E-state index >= 15 is 0 Å². The average molecular weight is 350 g/mol. The molecule has 0 aliphatic carbocycles. The third kappa shape index (κ3) is 4.40. The van der Waals surface area contributed by atoms with E-state index < -0.39 is 0 Å². The highest BCUT2D eigenvalue weighted by molar-refractivity contribution is 6.30. The van der Waals surface area contributed by atoms with Gasteiger partial charge in [-0.1, -0.05) is 23.7 Å².